The fraction of sp³-hybridized carbons (Fsp3) is 0.800. The molecule has 15 heavy (non-hydrogen) atoms. The molecule has 0 bridgehead atoms. The fourth-order valence-electron chi connectivity index (χ4n) is 1.20. The SMILES string of the molecule is CC(C)CNCC(C)NCc1cnns1. The molecule has 0 aliphatic heterocycles. The summed E-state index contributed by atoms with van der Waals surface area (Å²) in [5.41, 5.74) is 0. The normalized spacial score (nSPS) is 13.3. The molecule has 1 aromatic heterocycles. The first-order chi connectivity index (χ1) is 7.18. The minimum Gasteiger partial charge on any atom is -0.315 e. The molecule has 1 heterocycles. The second kappa shape index (κ2) is 6.87. The Labute approximate surface area is 95.6 Å². The number of hydrogen-bond donors (Lipinski definition) is 2. The zero-order chi connectivity index (χ0) is 11.1. The van der Waals surface area contributed by atoms with Gasteiger partial charge in [-0.25, -0.2) is 0 Å². The van der Waals surface area contributed by atoms with Crippen molar-refractivity contribution in [3.63, 3.8) is 0 Å². The Kier molecular flexibility index (Phi) is 5.75. The lowest BCUT2D eigenvalue weighted by Gasteiger charge is -2.14. The summed E-state index contributed by atoms with van der Waals surface area (Å²) in [6.45, 7) is 9.56. The van der Waals surface area contributed by atoms with Crippen molar-refractivity contribution in [2.45, 2.75) is 33.4 Å². The van der Waals surface area contributed by atoms with E-state index in [9.17, 15) is 0 Å². The maximum atomic E-state index is 3.82. The molecule has 0 aromatic carbocycles. The molecule has 4 nitrogen and oxygen atoms in total. The van der Waals surface area contributed by atoms with E-state index in [0.717, 1.165) is 19.6 Å². The fourth-order valence-corrected chi connectivity index (χ4v) is 1.64. The predicted molar refractivity (Wildman–Crippen MR) is 63.9 cm³/mol. The number of hydrogen-bond acceptors (Lipinski definition) is 5. The molecule has 2 N–H and O–H groups in total. The molecule has 0 spiro atoms. The van der Waals surface area contributed by atoms with Gasteiger partial charge in [0.05, 0.1) is 11.1 Å². The van der Waals surface area contributed by atoms with Crippen LogP contribution in [0.25, 0.3) is 0 Å². The van der Waals surface area contributed by atoms with Gasteiger partial charge in [0.25, 0.3) is 0 Å². The highest BCUT2D eigenvalue weighted by Crippen LogP contribution is 2.00. The summed E-state index contributed by atoms with van der Waals surface area (Å²) in [6, 6.07) is 0.478. The second-order valence-electron chi connectivity index (χ2n) is 4.22. The van der Waals surface area contributed by atoms with E-state index >= 15 is 0 Å². The maximum absolute atomic E-state index is 3.82. The highest BCUT2D eigenvalue weighted by molar-refractivity contribution is 7.05. The lowest BCUT2D eigenvalue weighted by atomic mass is 10.2. The quantitative estimate of drug-likeness (QED) is 0.738. The van der Waals surface area contributed by atoms with Gasteiger partial charge in [0.1, 0.15) is 0 Å². The van der Waals surface area contributed by atoms with Crippen LogP contribution in [0, 0.1) is 5.92 Å². The van der Waals surface area contributed by atoms with Gasteiger partial charge in [0.2, 0.25) is 0 Å². The molecule has 0 fully saturated rings. The summed E-state index contributed by atoms with van der Waals surface area (Å²) in [6.07, 6.45) is 1.81. The van der Waals surface area contributed by atoms with Crippen molar-refractivity contribution < 1.29 is 0 Å². The van der Waals surface area contributed by atoms with Gasteiger partial charge in [-0.15, -0.1) is 5.10 Å². The average molecular weight is 228 g/mol. The van der Waals surface area contributed by atoms with Gasteiger partial charge in [-0.1, -0.05) is 18.3 Å². The second-order valence-corrected chi connectivity index (χ2v) is 5.09. The van der Waals surface area contributed by atoms with Crippen LogP contribution in [0.3, 0.4) is 0 Å². The third kappa shape index (κ3) is 5.81. The van der Waals surface area contributed by atoms with Gasteiger partial charge < -0.3 is 10.6 Å². The molecule has 1 rings (SSSR count). The van der Waals surface area contributed by atoms with Gasteiger partial charge in [-0.3, -0.25) is 0 Å². The Balaban J connectivity index is 2.06. The molecule has 0 saturated carbocycles. The molecule has 1 unspecified atom stereocenters. The van der Waals surface area contributed by atoms with Crippen LogP contribution in [-0.2, 0) is 6.54 Å². The zero-order valence-corrected chi connectivity index (χ0v) is 10.5. The van der Waals surface area contributed by atoms with Gasteiger partial charge in [0.15, 0.2) is 0 Å². The summed E-state index contributed by atoms with van der Waals surface area (Å²) < 4.78 is 3.82. The zero-order valence-electron chi connectivity index (χ0n) is 9.66. The minimum atomic E-state index is 0.478. The van der Waals surface area contributed by atoms with Crippen molar-refractivity contribution in [1.29, 1.82) is 0 Å². The molecule has 0 saturated heterocycles. The van der Waals surface area contributed by atoms with Crippen molar-refractivity contribution in [3.05, 3.63) is 11.1 Å². The Morgan fingerprint density at radius 1 is 1.33 bits per heavy atom. The number of aromatic nitrogens is 2. The first-order valence-corrected chi connectivity index (χ1v) is 6.16. The van der Waals surface area contributed by atoms with E-state index in [1.165, 1.54) is 16.4 Å². The van der Waals surface area contributed by atoms with Gasteiger partial charge >= 0.3 is 0 Å². The van der Waals surface area contributed by atoms with Crippen molar-refractivity contribution in [2.24, 2.45) is 5.92 Å². The summed E-state index contributed by atoms with van der Waals surface area (Å²) in [4.78, 5) is 1.19. The van der Waals surface area contributed by atoms with Gasteiger partial charge in [-0.2, -0.15) is 0 Å². The first kappa shape index (κ1) is 12.5. The molecule has 0 aliphatic rings. The standard InChI is InChI=1S/C10H20N4S/c1-8(2)4-11-5-9(3)12-6-10-7-13-14-15-10/h7-9,11-12H,4-6H2,1-3H3. The number of rotatable bonds is 7. The third-order valence-corrected chi connectivity index (χ3v) is 2.69. The Hall–Kier alpha value is -0.520. The molecular formula is C10H20N4S. The van der Waals surface area contributed by atoms with Crippen LogP contribution >= 0.6 is 11.5 Å². The summed E-state index contributed by atoms with van der Waals surface area (Å²) in [5.74, 6) is 0.711. The molecule has 86 valence electrons. The largest absolute Gasteiger partial charge is 0.315 e. The van der Waals surface area contributed by atoms with Crippen molar-refractivity contribution in [1.82, 2.24) is 20.2 Å². The monoisotopic (exact) mass is 228 g/mol. The molecule has 5 heteroatoms. The maximum Gasteiger partial charge on any atom is 0.0666 e. The van der Waals surface area contributed by atoms with E-state index in [4.69, 9.17) is 0 Å². The van der Waals surface area contributed by atoms with Crippen LogP contribution in [0.15, 0.2) is 6.20 Å². The highest BCUT2D eigenvalue weighted by atomic mass is 32.1. The lowest BCUT2D eigenvalue weighted by molar-refractivity contribution is 0.473. The van der Waals surface area contributed by atoms with Crippen LogP contribution < -0.4 is 10.6 Å². The van der Waals surface area contributed by atoms with E-state index in [-0.39, 0.29) is 0 Å². The van der Waals surface area contributed by atoms with Crippen LogP contribution in [0.1, 0.15) is 25.6 Å². The molecule has 0 aliphatic carbocycles. The van der Waals surface area contributed by atoms with E-state index in [1.807, 2.05) is 6.20 Å². The van der Waals surface area contributed by atoms with Crippen LogP contribution in [-0.4, -0.2) is 28.7 Å². The summed E-state index contributed by atoms with van der Waals surface area (Å²) >= 11 is 1.45. The Morgan fingerprint density at radius 2 is 2.13 bits per heavy atom. The summed E-state index contributed by atoms with van der Waals surface area (Å²) in [5, 5.41) is 10.6. The predicted octanol–water partition coefficient (Wildman–Crippen LogP) is 1.26. The Bertz CT molecular complexity index is 248. The minimum absolute atomic E-state index is 0.478. The summed E-state index contributed by atoms with van der Waals surface area (Å²) in [7, 11) is 0. The van der Waals surface area contributed by atoms with Crippen molar-refractivity contribution >= 4 is 11.5 Å². The van der Waals surface area contributed by atoms with Crippen LogP contribution in [0.5, 0.6) is 0 Å². The van der Waals surface area contributed by atoms with E-state index < -0.39 is 0 Å². The van der Waals surface area contributed by atoms with Crippen LogP contribution in [0.4, 0.5) is 0 Å². The van der Waals surface area contributed by atoms with Crippen molar-refractivity contribution in [3.8, 4) is 0 Å². The van der Waals surface area contributed by atoms with Crippen LogP contribution in [0.2, 0.25) is 0 Å². The molecule has 0 radical (unpaired) electrons. The third-order valence-electron chi connectivity index (χ3n) is 2.03. The van der Waals surface area contributed by atoms with Gasteiger partial charge in [-0.05, 0) is 30.9 Å². The smallest absolute Gasteiger partial charge is 0.0666 e. The highest BCUT2D eigenvalue weighted by Gasteiger charge is 2.02. The van der Waals surface area contributed by atoms with Crippen molar-refractivity contribution in [2.75, 3.05) is 13.1 Å². The van der Waals surface area contributed by atoms with E-state index in [0.29, 0.717) is 12.0 Å². The molecule has 0 amide bonds. The Morgan fingerprint density at radius 3 is 2.73 bits per heavy atom. The first-order valence-electron chi connectivity index (χ1n) is 5.39. The number of nitrogens with one attached hydrogen (secondary N) is 2. The molecular weight excluding hydrogens is 208 g/mol. The van der Waals surface area contributed by atoms with Gasteiger partial charge in [0, 0.05) is 19.1 Å². The molecule has 1 aromatic rings. The van der Waals surface area contributed by atoms with E-state index in [1.54, 1.807) is 0 Å². The topological polar surface area (TPSA) is 49.8 Å². The van der Waals surface area contributed by atoms with E-state index in [2.05, 4.69) is 41.0 Å². The lowest BCUT2D eigenvalue weighted by Crippen LogP contribution is -2.37. The number of nitrogens with zero attached hydrogens (tertiary/aromatic N) is 2. The average Bonchev–Trinajstić information content (AvgIpc) is 2.66. The molecule has 1 atom stereocenters.